The minimum absolute atomic E-state index is 0.0544. The van der Waals surface area contributed by atoms with Gasteiger partial charge >= 0.3 is 16.2 Å². The summed E-state index contributed by atoms with van der Waals surface area (Å²) in [5.74, 6) is -0.855. The predicted molar refractivity (Wildman–Crippen MR) is 108 cm³/mol. The summed E-state index contributed by atoms with van der Waals surface area (Å²) >= 11 is 0. The van der Waals surface area contributed by atoms with E-state index in [0.29, 0.717) is 48.6 Å². The molecule has 0 saturated carbocycles. The molecule has 3 rings (SSSR count). The number of piperazine rings is 1. The molecule has 0 unspecified atom stereocenters. The fraction of sp³-hybridized carbons (Fsp3) is 0.350. The second kappa shape index (κ2) is 8.89. The summed E-state index contributed by atoms with van der Waals surface area (Å²) in [5.41, 5.74) is 1.83. The average molecular weight is 421 g/mol. The first-order chi connectivity index (χ1) is 13.8. The molecular formula is C20H24FN3O4S. The van der Waals surface area contributed by atoms with Crippen molar-refractivity contribution in [1.29, 1.82) is 0 Å². The van der Waals surface area contributed by atoms with Crippen LogP contribution in [0.15, 0.2) is 42.5 Å². The Balaban J connectivity index is 1.96. The highest BCUT2D eigenvalue weighted by Crippen LogP contribution is 2.26. The number of hydrogen-bond donors (Lipinski definition) is 1. The van der Waals surface area contributed by atoms with Crippen LogP contribution in [0.5, 0.6) is 0 Å². The van der Waals surface area contributed by atoms with E-state index in [2.05, 4.69) is 5.32 Å². The smallest absolute Gasteiger partial charge is 0.337 e. The number of carbonyl (C=O) groups excluding carboxylic acids is 1. The van der Waals surface area contributed by atoms with Crippen LogP contribution in [0.2, 0.25) is 0 Å². The number of halogens is 1. The van der Waals surface area contributed by atoms with Crippen molar-refractivity contribution in [2.24, 2.45) is 0 Å². The van der Waals surface area contributed by atoms with Crippen LogP contribution < -0.4 is 9.62 Å². The van der Waals surface area contributed by atoms with Gasteiger partial charge < -0.3 is 10.1 Å². The molecular weight excluding hydrogens is 397 g/mol. The van der Waals surface area contributed by atoms with Crippen LogP contribution in [-0.2, 0) is 21.5 Å². The van der Waals surface area contributed by atoms with Gasteiger partial charge in [0.2, 0.25) is 0 Å². The van der Waals surface area contributed by atoms with E-state index in [9.17, 15) is 17.6 Å². The molecule has 29 heavy (non-hydrogen) atoms. The van der Waals surface area contributed by atoms with Crippen molar-refractivity contribution in [2.45, 2.75) is 13.5 Å². The molecule has 1 saturated heterocycles. The zero-order valence-electron chi connectivity index (χ0n) is 16.4. The highest BCUT2D eigenvalue weighted by molar-refractivity contribution is 7.90. The highest BCUT2D eigenvalue weighted by Gasteiger charge is 2.31. The Morgan fingerprint density at radius 3 is 2.41 bits per heavy atom. The lowest BCUT2D eigenvalue weighted by Crippen LogP contribution is -2.51. The van der Waals surface area contributed by atoms with Gasteiger partial charge in [-0.3, -0.25) is 4.31 Å². The number of nitrogens with zero attached hydrogens (tertiary/aromatic N) is 2. The Morgan fingerprint density at radius 1 is 1.17 bits per heavy atom. The summed E-state index contributed by atoms with van der Waals surface area (Å²) in [6.07, 6.45) is 0. The summed E-state index contributed by atoms with van der Waals surface area (Å²) in [6, 6.07) is 10.8. The van der Waals surface area contributed by atoms with Gasteiger partial charge in [-0.1, -0.05) is 12.1 Å². The van der Waals surface area contributed by atoms with Crippen LogP contribution in [0.3, 0.4) is 0 Å². The SMILES string of the molecule is COC(=O)c1ccc(CN(c2ccc(F)c(C)c2)S(=O)(=O)N2CCNCC2)cc1. The van der Waals surface area contributed by atoms with Crippen LogP contribution >= 0.6 is 0 Å². The first-order valence-electron chi connectivity index (χ1n) is 9.25. The first kappa shape index (κ1) is 21.2. The maximum absolute atomic E-state index is 13.8. The topological polar surface area (TPSA) is 79.0 Å². The fourth-order valence-electron chi connectivity index (χ4n) is 3.13. The molecule has 1 heterocycles. The van der Waals surface area contributed by atoms with Gasteiger partial charge in [0.25, 0.3) is 0 Å². The van der Waals surface area contributed by atoms with Crippen LogP contribution in [0, 0.1) is 12.7 Å². The van der Waals surface area contributed by atoms with E-state index in [1.54, 1.807) is 31.2 Å². The summed E-state index contributed by atoms with van der Waals surface area (Å²) < 4.78 is 47.9. The second-order valence-corrected chi connectivity index (χ2v) is 8.64. The summed E-state index contributed by atoms with van der Waals surface area (Å²) in [6.45, 7) is 3.52. The molecule has 0 atom stereocenters. The Labute approximate surface area is 170 Å². The number of benzene rings is 2. The predicted octanol–water partition coefficient (Wildman–Crippen LogP) is 2.08. The number of methoxy groups -OCH3 is 1. The van der Waals surface area contributed by atoms with Crippen molar-refractivity contribution in [1.82, 2.24) is 9.62 Å². The van der Waals surface area contributed by atoms with Gasteiger partial charge in [-0.15, -0.1) is 0 Å². The fourth-order valence-corrected chi connectivity index (χ4v) is 4.75. The molecule has 0 spiro atoms. The third kappa shape index (κ3) is 4.75. The molecule has 156 valence electrons. The van der Waals surface area contributed by atoms with Crippen LogP contribution in [0.1, 0.15) is 21.5 Å². The average Bonchev–Trinajstić information content (AvgIpc) is 2.74. The normalized spacial score (nSPS) is 15.1. The molecule has 0 aromatic heterocycles. The number of rotatable bonds is 6. The van der Waals surface area contributed by atoms with E-state index in [-0.39, 0.29) is 6.54 Å². The quantitative estimate of drug-likeness (QED) is 0.723. The Kier molecular flexibility index (Phi) is 6.51. The monoisotopic (exact) mass is 421 g/mol. The Bertz CT molecular complexity index is 974. The Hall–Kier alpha value is -2.49. The maximum atomic E-state index is 13.8. The zero-order chi connectivity index (χ0) is 21.0. The minimum atomic E-state index is -3.82. The van der Waals surface area contributed by atoms with Gasteiger partial charge in [0, 0.05) is 26.2 Å². The van der Waals surface area contributed by atoms with Crippen molar-refractivity contribution < 1.29 is 22.3 Å². The number of anilines is 1. The molecule has 9 heteroatoms. The third-order valence-corrected chi connectivity index (χ3v) is 6.73. The minimum Gasteiger partial charge on any atom is -0.465 e. The number of ether oxygens (including phenoxy) is 1. The van der Waals surface area contributed by atoms with Crippen molar-refractivity contribution in [2.75, 3.05) is 37.6 Å². The zero-order valence-corrected chi connectivity index (χ0v) is 17.2. The number of carbonyl (C=O) groups is 1. The number of aryl methyl sites for hydroxylation is 1. The number of hydrogen-bond acceptors (Lipinski definition) is 5. The molecule has 2 aromatic rings. The van der Waals surface area contributed by atoms with E-state index in [1.807, 2.05) is 0 Å². The molecule has 1 aliphatic rings. The lowest BCUT2D eigenvalue weighted by atomic mass is 10.1. The number of nitrogens with one attached hydrogen (secondary N) is 1. The van der Waals surface area contributed by atoms with Crippen LogP contribution in [-0.4, -0.2) is 52.0 Å². The third-order valence-electron chi connectivity index (χ3n) is 4.81. The summed E-state index contributed by atoms with van der Waals surface area (Å²) in [5, 5.41) is 3.14. The second-order valence-electron chi connectivity index (χ2n) is 6.79. The van der Waals surface area contributed by atoms with Gasteiger partial charge in [-0.05, 0) is 48.4 Å². The first-order valence-corrected chi connectivity index (χ1v) is 10.6. The van der Waals surface area contributed by atoms with Gasteiger partial charge in [-0.25, -0.2) is 9.18 Å². The van der Waals surface area contributed by atoms with Gasteiger partial charge in [0.15, 0.2) is 0 Å². The Morgan fingerprint density at radius 2 is 1.83 bits per heavy atom. The molecule has 1 fully saturated rings. The van der Waals surface area contributed by atoms with Crippen LogP contribution in [0.25, 0.3) is 0 Å². The lowest BCUT2D eigenvalue weighted by molar-refractivity contribution is 0.0600. The van der Waals surface area contributed by atoms with Crippen molar-refractivity contribution in [3.63, 3.8) is 0 Å². The largest absolute Gasteiger partial charge is 0.465 e. The van der Waals surface area contributed by atoms with E-state index in [1.165, 1.54) is 33.9 Å². The van der Waals surface area contributed by atoms with Crippen LogP contribution in [0.4, 0.5) is 10.1 Å². The van der Waals surface area contributed by atoms with Crippen molar-refractivity contribution in [3.05, 3.63) is 65.0 Å². The molecule has 2 aromatic carbocycles. The van der Waals surface area contributed by atoms with E-state index < -0.39 is 22.0 Å². The van der Waals surface area contributed by atoms with E-state index in [0.717, 1.165) is 0 Å². The van der Waals surface area contributed by atoms with Gasteiger partial charge in [0.05, 0.1) is 24.9 Å². The molecule has 0 radical (unpaired) electrons. The molecule has 0 amide bonds. The lowest BCUT2D eigenvalue weighted by Gasteiger charge is -2.33. The summed E-state index contributed by atoms with van der Waals surface area (Å²) in [4.78, 5) is 11.6. The summed E-state index contributed by atoms with van der Waals surface area (Å²) in [7, 11) is -2.52. The van der Waals surface area contributed by atoms with E-state index in [4.69, 9.17) is 4.74 Å². The molecule has 1 N–H and O–H groups in total. The van der Waals surface area contributed by atoms with Crippen molar-refractivity contribution >= 4 is 21.9 Å². The molecule has 0 aliphatic carbocycles. The highest BCUT2D eigenvalue weighted by atomic mass is 32.2. The van der Waals surface area contributed by atoms with Crippen molar-refractivity contribution in [3.8, 4) is 0 Å². The maximum Gasteiger partial charge on any atom is 0.337 e. The van der Waals surface area contributed by atoms with Gasteiger partial charge in [0.1, 0.15) is 5.82 Å². The molecule has 0 bridgehead atoms. The van der Waals surface area contributed by atoms with Gasteiger partial charge in [-0.2, -0.15) is 12.7 Å². The van der Waals surface area contributed by atoms with E-state index >= 15 is 0 Å². The molecule has 1 aliphatic heterocycles. The number of esters is 1. The molecule has 7 nitrogen and oxygen atoms in total. The standard InChI is InChI=1S/C20H24FN3O4S/c1-15-13-18(7-8-19(15)21)24(29(26,27)23-11-9-22-10-12-23)14-16-3-5-17(6-4-16)20(25)28-2/h3-8,13,22H,9-12,14H2,1-2H3.